The number of para-hydroxylation sites is 1. The molecule has 6 nitrogen and oxygen atoms in total. The zero-order valence-electron chi connectivity index (χ0n) is 14.9. The molecule has 0 aliphatic carbocycles. The van der Waals surface area contributed by atoms with Crippen molar-refractivity contribution in [1.82, 2.24) is 9.80 Å². The summed E-state index contributed by atoms with van der Waals surface area (Å²) in [6, 6.07) is 12.2. The van der Waals surface area contributed by atoms with E-state index in [2.05, 4.69) is 5.32 Å². The van der Waals surface area contributed by atoms with Gasteiger partial charge in [0.25, 0.3) is 11.8 Å². The van der Waals surface area contributed by atoms with Crippen molar-refractivity contribution in [3.8, 4) is 0 Å². The van der Waals surface area contributed by atoms with E-state index in [1.165, 1.54) is 31.2 Å². The van der Waals surface area contributed by atoms with Gasteiger partial charge in [-0.05, 0) is 36.4 Å². The molecule has 140 valence electrons. The van der Waals surface area contributed by atoms with Crippen LogP contribution in [0.25, 0.3) is 0 Å². The predicted molar refractivity (Wildman–Crippen MR) is 99.0 cm³/mol. The van der Waals surface area contributed by atoms with Crippen molar-refractivity contribution in [3.63, 3.8) is 0 Å². The Kier molecular flexibility index (Phi) is 5.49. The smallest absolute Gasteiger partial charge is 0.255 e. The van der Waals surface area contributed by atoms with Crippen LogP contribution in [0.4, 0.5) is 10.1 Å². The molecule has 0 aromatic heterocycles. The van der Waals surface area contributed by atoms with Gasteiger partial charge in [0.15, 0.2) is 0 Å². The van der Waals surface area contributed by atoms with E-state index in [4.69, 9.17) is 0 Å². The molecule has 1 saturated heterocycles. The molecule has 0 atom stereocenters. The van der Waals surface area contributed by atoms with Gasteiger partial charge in [0.1, 0.15) is 5.82 Å². The number of piperazine rings is 1. The van der Waals surface area contributed by atoms with E-state index in [1.807, 2.05) is 0 Å². The van der Waals surface area contributed by atoms with E-state index in [0.717, 1.165) is 0 Å². The lowest BCUT2D eigenvalue weighted by Crippen LogP contribution is -2.50. The van der Waals surface area contributed by atoms with E-state index >= 15 is 0 Å². The highest BCUT2D eigenvalue weighted by Crippen LogP contribution is 2.15. The number of halogens is 1. The summed E-state index contributed by atoms with van der Waals surface area (Å²) < 4.78 is 13.6. The number of carbonyl (C=O) groups excluding carboxylic acids is 3. The van der Waals surface area contributed by atoms with E-state index in [-0.39, 0.29) is 17.5 Å². The normalized spacial score (nSPS) is 14.0. The lowest BCUT2D eigenvalue weighted by molar-refractivity contribution is -0.130. The summed E-state index contributed by atoms with van der Waals surface area (Å²) in [5, 5.41) is 2.51. The summed E-state index contributed by atoms with van der Waals surface area (Å²) in [7, 11) is 0. The van der Waals surface area contributed by atoms with E-state index in [1.54, 1.807) is 34.1 Å². The monoisotopic (exact) mass is 369 g/mol. The van der Waals surface area contributed by atoms with Crippen LogP contribution in [-0.2, 0) is 4.79 Å². The number of hydrogen-bond acceptors (Lipinski definition) is 3. The summed E-state index contributed by atoms with van der Waals surface area (Å²) in [6.07, 6.45) is 0. The molecule has 0 spiro atoms. The minimum Gasteiger partial charge on any atom is -0.339 e. The van der Waals surface area contributed by atoms with Gasteiger partial charge in [0.2, 0.25) is 5.91 Å². The second kappa shape index (κ2) is 7.99. The Bertz CT molecular complexity index is 859. The van der Waals surface area contributed by atoms with Crippen molar-refractivity contribution in [2.75, 3.05) is 31.5 Å². The zero-order valence-corrected chi connectivity index (χ0v) is 14.9. The van der Waals surface area contributed by atoms with Crippen molar-refractivity contribution >= 4 is 23.4 Å². The molecule has 0 bridgehead atoms. The molecule has 7 heteroatoms. The summed E-state index contributed by atoms with van der Waals surface area (Å²) in [5.41, 5.74) is 0.899. The number of rotatable bonds is 3. The van der Waals surface area contributed by atoms with Gasteiger partial charge in [-0.3, -0.25) is 14.4 Å². The van der Waals surface area contributed by atoms with Crippen LogP contribution in [0.2, 0.25) is 0 Å². The van der Waals surface area contributed by atoms with Crippen molar-refractivity contribution in [2.45, 2.75) is 6.92 Å². The summed E-state index contributed by atoms with van der Waals surface area (Å²) in [6.45, 7) is 3.51. The highest BCUT2D eigenvalue weighted by atomic mass is 19.1. The van der Waals surface area contributed by atoms with Crippen LogP contribution >= 0.6 is 0 Å². The molecule has 2 aromatic rings. The molecular weight excluding hydrogens is 349 g/mol. The third-order valence-electron chi connectivity index (χ3n) is 4.53. The van der Waals surface area contributed by atoms with Crippen molar-refractivity contribution in [1.29, 1.82) is 0 Å². The Morgan fingerprint density at radius 2 is 1.41 bits per heavy atom. The third-order valence-corrected chi connectivity index (χ3v) is 4.53. The molecule has 1 N–H and O–H groups in total. The standard InChI is InChI=1S/C20H20FN3O3/c1-14(25)23-10-12-24(13-11-23)20(27)16-8-6-15(7-9-16)19(26)22-18-5-3-2-4-17(18)21/h2-9H,10-13H2,1H3,(H,22,26). The van der Waals surface area contributed by atoms with Crippen LogP contribution in [0, 0.1) is 5.82 Å². The van der Waals surface area contributed by atoms with Crippen molar-refractivity contribution < 1.29 is 18.8 Å². The lowest BCUT2D eigenvalue weighted by atomic mass is 10.1. The second-order valence-corrected chi connectivity index (χ2v) is 6.31. The first-order valence-electron chi connectivity index (χ1n) is 8.66. The maximum absolute atomic E-state index is 13.6. The SMILES string of the molecule is CC(=O)N1CCN(C(=O)c2ccc(C(=O)Nc3ccccc3F)cc2)CC1. The third kappa shape index (κ3) is 4.31. The number of benzene rings is 2. The van der Waals surface area contributed by atoms with Gasteiger partial charge in [-0.2, -0.15) is 0 Å². The Hall–Kier alpha value is -3.22. The van der Waals surface area contributed by atoms with Gasteiger partial charge >= 0.3 is 0 Å². The van der Waals surface area contributed by atoms with Crippen LogP contribution in [0.5, 0.6) is 0 Å². The first kappa shape index (κ1) is 18.6. The van der Waals surface area contributed by atoms with E-state index in [0.29, 0.717) is 37.3 Å². The van der Waals surface area contributed by atoms with E-state index in [9.17, 15) is 18.8 Å². The van der Waals surface area contributed by atoms with Gasteiger partial charge in [-0.15, -0.1) is 0 Å². The van der Waals surface area contributed by atoms with Crippen LogP contribution in [0.3, 0.4) is 0 Å². The minimum absolute atomic E-state index is 0.00678. The average molecular weight is 369 g/mol. The first-order valence-corrected chi connectivity index (χ1v) is 8.66. The Balaban J connectivity index is 1.63. The summed E-state index contributed by atoms with van der Waals surface area (Å²) in [4.78, 5) is 39.6. The molecule has 0 unspecified atom stereocenters. The van der Waals surface area contributed by atoms with Gasteiger partial charge < -0.3 is 15.1 Å². The molecule has 3 rings (SSSR count). The maximum Gasteiger partial charge on any atom is 0.255 e. The van der Waals surface area contributed by atoms with Crippen LogP contribution in [-0.4, -0.2) is 53.7 Å². The number of hydrogen-bond donors (Lipinski definition) is 1. The fourth-order valence-corrected chi connectivity index (χ4v) is 2.93. The first-order chi connectivity index (χ1) is 13.0. The summed E-state index contributed by atoms with van der Waals surface area (Å²) in [5.74, 6) is -1.09. The molecule has 1 aliphatic rings. The molecule has 0 saturated carbocycles. The Labute approximate surface area is 156 Å². The zero-order chi connectivity index (χ0) is 19.4. The quantitative estimate of drug-likeness (QED) is 0.903. The fraction of sp³-hybridized carbons (Fsp3) is 0.250. The molecule has 3 amide bonds. The van der Waals surface area contributed by atoms with E-state index < -0.39 is 11.7 Å². The van der Waals surface area contributed by atoms with Crippen molar-refractivity contribution in [3.05, 3.63) is 65.5 Å². The summed E-state index contributed by atoms with van der Waals surface area (Å²) >= 11 is 0. The molecule has 2 aromatic carbocycles. The van der Waals surface area contributed by atoms with Gasteiger partial charge in [-0.25, -0.2) is 4.39 Å². The minimum atomic E-state index is -0.512. The number of carbonyl (C=O) groups is 3. The molecule has 1 fully saturated rings. The number of nitrogens with one attached hydrogen (secondary N) is 1. The van der Waals surface area contributed by atoms with Crippen LogP contribution in [0.15, 0.2) is 48.5 Å². The molecule has 27 heavy (non-hydrogen) atoms. The van der Waals surface area contributed by atoms with Crippen LogP contribution < -0.4 is 5.32 Å². The fourth-order valence-electron chi connectivity index (χ4n) is 2.93. The highest BCUT2D eigenvalue weighted by Gasteiger charge is 2.23. The molecule has 0 radical (unpaired) electrons. The Morgan fingerprint density at radius 3 is 2.00 bits per heavy atom. The number of anilines is 1. The van der Waals surface area contributed by atoms with Gasteiger partial charge in [-0.1, -0.05) is 12.1 Å². The number of amides is 3. The molecule has 1 aliphatic heterocycles. The maximum atomic E-state index is 13.6. The topological polar surface area (TPSA) is 69.7 Å². The highest BCUT2D eigenvalue weighted by molar-refractivity contribution is 6.05. The van der Waals surface area contributed by atoms with Gasteiger partial charge in [0.05, 0.1) is 5.69 Å². The molecule has 1 heterocycles. The lowest BCUT2D eigenvalue weighted by Gasteiger charge is -2.34. The molecular formula is C20H20FN3O3. The average Bonchev–Trinajstić information content (AvgIpc) is 2.69. The van der Waals surface area contributed by atoms with Crippen molar-refractivity contribution in [2.24, 2.45) is 0 Å². The predicted octanol–water partition coefficient (Wildman–Crippen LogP) is 2.38. The van der Waals surface area contributed by atoms with Gasteiger partial charge in [0, 0.05) is 44.2 Å². The second-order valence-electron chi connectivity index (χ2n) is 6.31. The largest absolute Gasteiger partial charge is 0.339 e. The Morgan fingerprint density at radius 1 is 0.852 bits per heavy atom. The number of nitrogens with zero attached hydrogens (tertiary/aromatic N) is 2. The van der Waals surface area contributed by atoms with Crippen LogP contribution in [0.1, 0.15) is 27.6 Å².